The van der Waals surface area contributed by atoms with Crippen molar-refractivity contribution in [3.8, 4) is 0 Å². The van der Waals surface area contributed by atoms with Gasteiger partial charge < -0.3 is 0 Å². The third kappa shape index (κ3) is 5.11. The van der Waals surface area contributed by atoms with Crippen LogP contribution >= 0.6 is 0 Å². The van der Waals surface area contributed by atoms with E-state index < -0.39 is 26.6 Å². The van der Waals surface area contributed by atoms with E-state index >= 15 is 0 Å². The zero-order valence-corrected chi connectivity index (χ0v) is 15.8. The average Bonchev–Trinajstić information content (AvgIpc) is 2.59. The first-order valence-electron chi connectivity index (χ1n) is 9.08. The largest absolute Gasteiger partial charge is 0.298 e. The highest BCUT2D eigenvalue weighted by atomic mass is 32.2. The van der Waals surface area contributed by atoms with Crippen molar-refractivity contribution in [2.75, 3.05) is 0 Å². The molecule has 142 valence electrons. The monoisotopic (exact) mass is 380 g/mol. The summed E-state index contributed by atoms with van der Waals surface area (Å²) in [5.41, 5.74) is -0.276. The number of Topliss-reactive ketones (excluding diaryl/α,β-unsaturated/α-hetero) is 1. The number of unbranched alkanes of at least 4 members (excludes halogenated alkanes) is 6. The molecule has 0 aliphatic heterocycles. The molecule has 2 rings (SSSR count). The van der Waals surface area contributed by atoms with Gasteiger partial charge in [0.1, 0.15) is 4.90 Å². The highest BCUT2D eigenvalue weighted by molar-refractivity contribution is 7.86. The van der Waals surface area contributed by atoms with Crippen LogP contribution in [0.25, 0.3) is 10.8 Å². The maximum Gasteiger partial charge on any atom is 0.298 e. The number of rotatable bonds is 10. The Morgan fingerprint density at radius 1 is 1.04 bits per heavy atom. The molecule has 2 aromatic carbocycles. The molecule has 0 radical (unpaired) electrons. The topological polar surface area (TPSA) is 71.4 Å². The van der Waals surface area contributed by atoms with Crippen LogP contribution in [0.15, 0.2) is 35.2 Å². The zero-order valence-electron chi connectivity index (χ0n) is 15.0. The molecular weight excluding hydrogens is 355 g/mol. The second-order valence-corrected chi connectivity index (χ2v) is 7.92. The summed E-state index contributed by atoms with van der Waals surface area (Å²) < 4.78 is 47.4. The van der Waals surface area contributed by atoms with Crippen LogP contribution in [0.3, 0.4) is 0 Å². The number of fused-ring (bicyclic) bond motifs is 1. The normalized spacial score (nSPS) is 11.8. The van der Waals surface area contributed by atoms with Crippen LogP contribution in [0.4, 0.5) is 4.39 Å². The smallest absolute Gasteiger partial charge is 0.294 e. The fraction of sp³-hybridized carbons (Fsp3) is 0.450. The molecule has 1 N–H and O–H groups in total. The predicted octanol–water partition coefficient (Wildman–Crippen LogP) is 5.55. The molecule has 6 heteroatoms. The van der Waals surface area contributed by atoms with Gasteiger partial charge >= 0.3 is 0 Å². The first kappa shape index (κ1) is 20.5. The Balaban J connectivity index is 2.16. The number of hydrogen-bond acceptors (Lipinski definition) is 3. The molecule has 4 nitrogen and oxygen atoms in total. The summed E-state index contributed by atoms with van der Waals surface area (Å²) in [6, 6.07) is 7.58. The molecule has 0 bridgehead atoms. The highest BCUT2D eigenvalue weighted by Crippen LogP contribution is 2.29. The molecule has 0 atom stereocenters. The number of hydrogen-bond donors (Lipinski definition) is 1. The van der Waals surface area contributed by atoms with Gasteiger partial charge in [-0.25, -0.2) is 4.39 Å². The van der Waals surface area contributed by atoms with E-state index in [0.29, 0.717) is 11.8 Å². The lowest BCUT2D eigenvalue weighted by atomic mass is 9.99. The van der Waals surface area contributed by atoms with Gasteiger partial charge in [0.25, 0.3) is 10.1 Å². The van der Waals surface area contributed by atoms with Crippen LogP contribution in [0.5, 0.6) is 0 Å². The molecule has 0 aliphatic rings. The Bertz CT molecular complexity index is 875. The fourth-order valence-electron chi connectivity index (χ4n) is 3.12. The van der Waals surface area contributed by atoms with Gasteiger partial charge in [-0.1, -0.05) is 69.7 Å². The lowest BCUT2D eigenvalue weighted by Crippen LogP contribution is -2.10. The quantitative estimate of drug-likeness (QED) is 0.333. The minimum absolute atomic E-state index is 0.0694. The fourth-order valence-corrected chi connectivity index (χ4v) is 3.92. The van der Waals surface area contributed by atoms with Crippen LogP contribution in [0.1, 0.15) is 68.6 Å². The zero-order chi connectivity index (χ0) is 19.2. The Morgan fingerprint density at radius 2 is 1.65 bits per heavy atom. The SMILES string of the molecule is CCCCCCCCCC(=O)c1cc2ccccc2c(S(=O)(=O)O)c1F. The number of carbonyl (C=O) groups is 1. The van der Waals surface area contributed by atoms with Crippen molar-refractivity contribution in [3.05, 3.63) is 41.7 Å². The molecule has 0 spiro atoms. The van der Waals surface area contributed by atoms with Crippen molar-refractivity contribution >= 4 is 26.7 Å². The van der Waals surface area contributed by atoms with Gasteiger partial charge in [0.15, 0.2) is 11.6 Å². The van der Waals surface area contributed by atoms with Crippen LogP contribution in [-0.4, -0.2) is 18.8 Å². The maximum atomic E-state index is 14.7. The Morgan fingerprint density at radius 3 is 2.31 bits per heavy atom. The Hall–Kier alpha value is -1.79. The van der Waals surface area contributed by atoms with E-state index in [0.717, 1.165) is 19.3 Å². The van der Waals surface area contributed by atoms with Crippen molar-refractivity contribution in [3.63, 3.8) is 0 Å². The van der Waals surface area contributed by atoms with E-state index in [-0.39, 0.29) is 17.4 Å². The van der Waals surface area contributed by atoms with E-state index in [4.69, 9.17) is 0 Å². The molecule has 0 saturated heterocycles. The number of ketones is 1. The minimum Gasteiger partial charge on any atom is -0.294 e. The molecule has 0 unspecified atom stereocenters. The molecular formula is C20H25FO4S. The van der Waals surface area contributed by atoms with E-state index in [2.05, 4.69) is 6.92 Å². The molecule has 0 amide bonds. The molecule has 0 heterocycles. The van der Waals surface area contributed by atoms with E-state index in [1.165, 1.54) is 31.4 Å². The summed E-state index contributed by atoms with van der Waals surface area (Å²) in [4.78, 5) is 11.6. The molecule has 26 heavy (non-hydrogen) atoms. The van der Waals surface area contributed by atoms with Gasteiger partial charge in [-0.2, -0.15) is 8.42 Å². The van der Waals surface area contributed by atoms with Gasteiger partial charge in [-0.05, 0) is 17.9 Å². The minimum atomic E-state index is -4.78. The standard InChI is InChI=1S/C20H25FO4S/c1-2-3-4-5-6-7-8-13-18(22)17-14-15-11-9-10-12-16(15)20(19(17)21)26(23,24)25/h9-12,14H,2-8,13H2,1H3,(H,23,24,25). The molecule has 0 saturated carbocycles. The second-order valence-electron chi connectivity index (χ2n) is 6.56. The van der Waals surface area contributed by atoms with Gasteiger partial charge in [0.05, 0.1) is 5.56 Å². The Kier molecular flexibility index (Phi) is 7.29. The van der Waals surface area contributed by atoms with E-state index in [1.807, 2.05) is 0 Å². The number of halogens is 1. The first-order chi connectivity index (χ1) is 12.4. The van der Waals surface area contributed by atoms with Gasteiger partial charge in [0.2, 0.25) is 0 Å². The summed E-state index contributed by atoms with van der Waals surface area (Å²) in [7, 11) is -4.78. The average molecular weight is 380 g/mol. The maximum absolute atomic E-state index is 14.7. The summed E-state index contributed by atoms with van der Waals surface area (Å²) in [6.07, 6.45) is 7.40. The van der Waals surface area contributed by atoms with Crippen molar-refractivity contribution in [2.24, 2.45) is 0 Å². The van der Waals surface area contributed by atoms with Crippen molar-refractivity contribution in [1.82, 2.24) is 0 Å². The second kappa shape index (κ2) is 9.24. The predicted molar refractivity (Wildman–Crippen MR) is 101 cm³/mol. The van der Waals surface area contributed by atoms with Crippen LogP contribution in [-0.2, 0) is 10.1 Å². The third-order valence-corrected chi connectivity index (χ3v) is 5.42. The first-order valence-corrected chi connectivity index (χ1v) is 10.5. The Labute approximate surface area is 154 Å². The van der Waals surface area contributed by atoms with Gasteiger partial charge in [-0.15, -0.1) is 0 Å². The van der Waals surface area contributed by atoms with E-state index in [9.17, 15) is 22.2 Å². The van der Waals surface area contributed by atoms with Crippen molar-refractivity contribution < 1.29 is 22.2 Å². The van der Waals surface area contributed by atoms with Crippen LogP contribution in [0.2, 0.25) is 0 Å². The molecule has 0 aromatic heterocycles. The summed E-state index contributed by atoms with van der Waals surface area (Å²) in [5, 5.41) is 0.476. The summed E-state index contributed by atoms with van der Waals surface area (Å²) in [6.45, 7) is 2.15. The summed E-state index contributed by atoms with van der Waals surface area (Å²) in [5.74, 6) is -1.61. The lowest BCUT2D eigenvalue weighted by Gasteiger charge is -2.10. The third-order valence-electron chi connectivity index (χ3n) is 4.51. The summed E-state index contributed by atoms with van der Waals surface area (Å²) >= 11 is 0. The van der Waals surface area contributed by atoms with Gasteiger partial charge in [-0.3, -0.25) is 9.35 Å². The molecule has 2 aromatic rings. The lowest BCUT2D eigenvalue weighted by molar-refractivity contribution is 0.0975. The van der Waals surface area contributed by atoms with Crippen LogP contribution in [0, 0.1) is 5.82 Å². The van der Waals surface area contributed by atoms with Crippen LogP contribution < -0.4 is 0 Å². The highest BCUT2D eigenvalue weighted by Gasteiger charge is 2.25. The molecule has 0 aliphatic carbocycles. The van der Waals surface area contributed by atoms with Crippen molar-refractivity contribution in [2.45, 2.75) is 63.2 Å². The van der Waals surface area contributed by atoms with E-state index in [1.54, 1.807) is 18.2 Å². The van der Waals surface area contributed by atoms with Gasteiger partial charge in [0, 0.05) is 11.8 Å². The molecule has 0 fully saturated rings. The number of carbonyl (C=O) groups excluding carboxylic acids is 1. The van der Waals surface area contributed by atoms with Crippen molar-refractivity contribution in [1.29, 1.82) is 0 Å². The number of benzene rings is 2.